The molecule has 26 heavy (non-hydrogen) atoms. The van der Waals surface area contributed by atoms with Crippen LogP contribution < -0.4 is 0 Å². The first-order chi connectivity index (χ1) is 12.3. The van der Waals surface area contributed by atoms with E-state index in [1.807, 2.05) is 62.7 Å². The number of nitrogens with zero attached hydrogens (tertiary/aromatic N) is 4. The molecular formula is C20H23ClN4O. The molecule has 5 nitrogen and oxygen atoms in total. The summed E-state index contributed by atoms with van der Waals surface area (Å²) in [5.74, 6) is 0.0977. The summed E-state index contributed by atoms with van der Waals surface area (Å²) < 4.78 is 1.86. The molecular weight excluding hydrogens is 348 g/mol. The predicted octanol–water partition coefficient (Wildman–Crippen LogP) is 3.90. The molecule has 0 saturated heterocycles. The van der Waals surface area contributed by atoms with E-state index < -0.39 is 0 Å². The van der Waals surface area contributed by atoms with Gasteiger partial charge in [-0.25, -0.2) is 9.50 Å². The Morgan fingerprint density at radius 2 is 2.00 bits per heavy atom. The van der Waals surface area contributed by atoms with Gasteiger partial charge in [-0.1, -0.05) is 23.7 Å². The molecule has 1 aromatic carbocycles. The van der Waals surface area contributed by atoms with Gasteiger partial charge in [0.2, 0.25) is 5.91 Å². The molecule has 0 aliphatic carbocycles. The minimum Gasteiger partial charge on any atom is -0.341 e. The van der Waals surface area contributed by atoms with Crippen LogP contribution in [0.5, 0.6) is 0 Å². The number of rotatable bonds is 5. The van der Waals surface area contributed by atoms with Crippen molar-refractivity contribution in [3.05, 3.63) is 63.6 Å². The molecule has 0 fully saturated rings. The second-order valence-corrected chi connectivity index (χ2v) is 7.13. The number of benzene rings is 1. The van der Waals surface area contributed by atoms with Crippen molar-refractivity contribution in [3.8, 4) is 0 Å². The zero-order valence-corrected chi connectivity index (χ0v) is 16.3. The second kappa shape index (κ2) is 7.46. The number of aryl methyl sites for hydroxylation is 3. The third kappa shape index (κ3) is 3.88. The van der Waals surface area contributed by atoms with Crippen LogP contribution in [0.1, 0.15) is 34.6 Å². The van der Waals surface area contributed by atoms with Gasteiger partial charge in [-0.15, -0.1) is 0 Å². The molecule has 1 amide bonds. The third-order valence-electron chi connectivity index (χ3n) is 4.61. The lowest BCUT2D eigenvalue weighted by Crippen LogP contribution is -2.26. The topological polar surface area (TPSA) is 50.5 Å². The monoisotopic (exact) mass is 370 g/mol. The highest BCUT2D eigenvalue weighted by Gasteiger charge is 2.15. The molecule has 2 heterocycles. The quantitative estimate of drug-likeness (QED) is 0.684. The third-order valence-corrected chi connectivity index (χ3v) is 4.84. The SMILES string of the molecule is Cc1cc2nc(C)c(CCC(=O)N(C)Cc3cccc(Cl)c3)c(C)n2n1. The lowest BCUT2D eigenvalue weighted by atomic mass is 10.1. The Kier molecular flexibility index (Phi) is 5.28. The number of hydrogen-bond acceptors (Lipinski definition) is 3. The summed E-state index contributed by atoms with van der Waals surface area (Å²) in [5.41, 5.74) is 5.91. The van der Waals surface area contributed by atoms with Crippen LogP contribution >= 0.6 is 11.6 Å². The molecule has 0 saturated carbocycles. The Morgan fingerprint density at radius 1 is 1.23 bits per heavy atom. The first kappa shape index (κ1) is 18.4. The molecule has 0 aliphatic heterocycles. The summed E-state index contributed by atoms with van der Waals surface area (Å²) >= 11 is 6.01. The molecule has 0 unspecified atom stereocenters. The molecule has 0 atom stereocenters. The highest BCUT2D eigenvalue weighted by Crippen LogP contribution is 2.18. The number of halogens is 1. The standard InChI is InChI=1S/C20H23ClN4O/c1-13-10-19-22-14(2)18(15(3)25(19)23-13)8-9-20(26)24(4)12-16-6-5-7-17(21)11-16/h5-7,10-11H,8-9,12H2,1-4H3. The maximum atomic E-state index is 12.5. The zero-order chi connectivity index (χ0) is 18.8. The fourth-order valence-electron chi connectivity index (χ4n) is 3.22. The first-order valence-electron chi connectivity index (χ1n) is 8.66. The summed E-state index contributed by atoms with van der Waals surface area (Å²) in [4.78, 5) is 18.9. The van der Waals surface area contributed by atoms with Crippen molar-refractivity contribution in [2.24, 2.45) is 0 Å². The van der Waals surface area contributed by atoms with Gasteiger partial charge in [0.1, 0.15) is 0 Å². The maximum absolute atomic E-state index is 12.5. The van der Waals surface area contributed by atoms with Crippen LogP contribution in [-0.2, 0) is 17.8 Å². The van der Waals surface area contributed by atoms with E-state index in [0.717, 1.165) is 33.9 Å². The average molecular weight is 371 g/mol. The Bertz CT molecular complexity index is 964. The molecule has 0 bridgehead atoms. The smallest absolute Gasteiger partial charge is 0.222 e. The molecule has 0 radical (unpaired) electrons. The summed E-state index contributed by atoms with van der Waals surface area (Å²) in [7, 11) is 1.82. The van der Waals surface area contributed by atoms with Crippen LogP contribution in [0.25, 0.3) is 5.65 Å². The van der Waals surface area contributed by atoms with E-state index in [1.165, 1.54) is 0 Å². The molecule has 0 aliphatic rings. The average Bonchev–Trinajstić information content (AvgIpc) is 2.94. The van der Waals surface area contributed by atoms with Crippen molar-refractivity contribution in [1.82, 2.24) is 19.5 Å². The Hall–Kier alpha value is -2.40. The molecule has 3 rings (SSSR count). The lowest BCUT2D eigenvalue weighted by molar-refractivity contribution is -0.130. The normalized spacial score (nSPS) is 11.1. The van der Waals surface area contributed by atoms with Gasteiger partial charge in [0.25, 0.3) is 0 Å². The van der Waals surface area contributed by atoms with Crippen molar-refractivity contribution in [2.75, 3.05) is 7.05 Å². The van der Waals surface area contributed by atoms with E-state index in [2.05, 4.69) is 10.1 Å². The van der Waals surface area contributed by atoms with Crippen LogP contribution in [0.15, 0.2) is 30.3 Å². The van der Waals surface area contributed by atoms with Crippen molar-refractivity contribution in [1.29, 1.82) is 0 Å². The van der Waals surface area contributed by atoms with E-state index in [0.29, 0.717) is 24.4 Å². The molecule has 6 heteroatoms. The predicted molar refractivity (Wildman–Crippen MR) is 103 cm³/mol. The minimum atomic E-state index is 0.0977. The van der Waals surface area contributed by atoms with Crippen molar-refractivity contribution in [2.45, 2.75) is 40.2 Å². The van der Waals surface area contributed by atoms with Gasteiger partial charge < -0.3 is 4.90 Å². The zero-order valence-electron chi connectivity index (χ0n) is 15.6. The van der Waals surface area contributed by atoms with Gasteiger partial charge in [0.05, 0.1) is 5.69 Å². The van der Waals surface area contributed by atoms with Crippen LogP contribution in [0.4, 0.5) is 0 Å². The second-order valence-electron chi connectivity index (χ2n) is 6.70. The van der Waals surface area contributed by atoms with Gasteiger partial charge in [-0.2, -0.15) is 5.10 Å². The van der Waals surface area contributed by atoms with Gasteiger partial charge in [0.15, 0.2) is 5.65 Å². The largest absolute Gasteiger partial charge is 0.341 e. The van der Waals surface area contributed by atoms with Crippen LogP contribution in [0.3, 0.4) is 0 Å². The van der Waals surface area contributed by atoms with Crippen molar-refractivity contribution >= 4 is 23.2 Å². The number of carbonyl (C=O) groups excluding carboxylic acids is 1. The Balaban J connectivity index is 1.70. The number of fused-ring (bicyclic) bond motifs is 1. The van der Waals surface area contributed by atoms with E-state index >= 15 is 0 Å². The van der Waals surface area contributed by atoms with E-state index in [-0.39, 0.29) is 5.91 Å². The highest BCUT2D eigenvalue weighted by molar-refractivity contribution is 6.30. The first-order valence-corrected chi connectivity index (χ1v) is 9.04. The molecule has 136 valence electrons. The van der Waals surface area contributed by atoms with Gasteiger partial charge >= 0.3 is 0 Å². The minimum absolute atomic E-state index is 0.0977. The van der Waals surface area contributed by atoms with Crippen LogP contribution in [0.2, 0.25) is 5.02 Å². The summed E-state index contributed by atoms with van der Waals surface area (Å²) in [5, 5.41) is 5.17. The maximum Gasteiger partial charge on any atom is 0.222 e. The molecule has 2 aromatic heterocycles. The van der Waals surface area contributed by atoms with Gasteiger partial charge in [0, 0.05) is 42.5 Å². The van der Waals surface area contributed by atoms with Crippen molar-refractivity contribution in [3.63, 3.8) is 0 Å². The van der Waals surface area contributed by atoms with E-state index in [1.54, 1.807) is 4.90 Å². The van der Waals surface area contributed by atoms with Crippen LogP contribution in [-0.4, -0.2) is 32.5 Å². The number of carbonyl (C=O) groups is 1. The summed E-state index contributed by atoms with van der Waals surface area (Å²) in [6.45, 7) is 6.53. The molecule has 0 spiro atoms. The number of aromatic nitrogens is 3. The number of hydrogen-bond donors (Lipinski definition) is 0. The van der Waals surface area contributed by atoms with Gasteiger partial charge in [-0.3, -0.25) is 4.79 Å². The Morgan fingerprint density at radius 3 is 2.73 bits per heavy atom. The van der Waals surface area contributed by atoms with Crippen molar-refractivity contribution < 1.29 is 4.79 Å². The fourth-order valence-corrected chi connectivity index (χ4v) is 3.44. The van der Waals surface area contributed by atoms with E-state index in [9.17, 15) is 4.79 Å². The lowest BCUT2D eigenvalue weighted by Gasteiger charge is -2.18. The Labute approximate surface area is 158 Å². The molecule has 3 aromatic rings. The van der Waals surface area contributed by atoms with E-state index in [4.69, 9.17) is 11.6 Å². The van der Waals surface area contributed by atoms with Gasteiger partial charge in [-0.05, 0) is 50.5 Å². The van der Waals surface area contributed by atoms with Crippen LogP contribution in [0, 0.1) is 20.8 Å². The fraction of sp³-hybridized carbons (Fsp3) is 0.350. The number of amides is 1. The summed E-state index contributed by atoms with van der Waals surface area (Å²) in [6.07, 6.45) is 1.09. The molecule has 0 N–H and O–H groups in total. The summed E-state index contributed by atoms with van der Waals surface area (Å²) in [6, 6.07) is 9.56. The highest BCUT2D eigenvalue weighted by atomic mass is 35.5.